The molecule has 3 aromatic rings. The number of fused-ring (bicyclic) bond motifs is 1. The molecule has 0 aliphatic rings. The summed E-state index contributed by atoms with van der Waals surface area (Å²) < 4.78 is 10.8. The third-order valence-corrected chi connectivity index (χ3v) is 3.00. The highest BCUT2D eigenvalue weighted by atomic mass is 16.5. The van der Waals surface area contributed by atoms with Gasteiger partial charge in [0.25, 0.3) is 0 Å². The summed E-state index contributed by atoms with van der Waals surface area (Å²) in [7, 11) is 0. The number of rotatable bonds is 3. The first-order valence-electron chi connectivity index (χ1n) is 6.28. The number of amidine groups is 1. The van der Waals surface area contributed by atoms with Gasteiger partial charge in [-0.2, -0.15) is 0 Å². The van der Waals surface area contributed by atoms with Gasteiger partial charge in [0.05, 0.1) is 0 Å². The molecule has 5 heteroatoms. The number of nitrogens with two attached hydrogens (primary N) is 1. The van der Waals surface area contributed by atoms with Crippen molar-refractivity contribution in [2.75, 3.05) is 0 Å². The van der Waals surface area contributed by atoms with Crippen LogP contribution in [0.2, 0.25) is 0 Å². The van der Waals surface area contributed by atoms with Crippen molar-refractivity contribution in [2.45, 2.75) is 0 Å². The minimum atomic E-state index is -0.398. The molecule has 0 aliphatic heterocycles. The summed E-state index contributed by atoms with van der Waals surface area (Å²) in [5, 5.41) is 8.16. The van der Waals surface area contributed by atoms with Crippen molar-refractivity contribution in [3.63, 3.8) is 0 Å². The van der Waals surface area contributed by atoms with Crippen LogP contribution in [0, 0.1) is 5.41 Å². The van der Waals surface area contributed by atoms with E-state index in [1.54, 1.807) is 42.5 Å². The van der Waals surface area contributed by atoms with Crippen LogP contribution in [0.4, 0.5) is 0 Å². The molecule has 104 valence electrons. The molecule has 0 spiro atoms. The van der Waals surface area contributed by atoms with Crippen LogP contribution in [-0.4, -0.2) is 5.84 Å². The maximum Gasteiger partial charge on any atom is 0.336 e. The maximum absolute atomic E-state index is 11.2. The van der Waals surface area contributed by atoms with Crippen LogP contribution in [0.1, 0.15) is 5.56 Å². The molecule has 0 aliphatic carbocycles. The first-order chi connectivity index (χ1) is 10.1. The average Bonchev–Trinajstić information content (AvgIpc) is 2.47. The van der Waals surface area contributed by atoms with Crippen molar-refractivity contribution in [3.05, 3.63) is 70.6 Å². The van der Waals surface area contributed by atoms with E-state index < -0.39 is 5.63 Å². The monoisotopic (exact) mass is 280 g/mol. The van der Waals surface area contributed by atoms with Crippen LogP contribution < -0.4 is 16.1 Å². The van der Waals surface area contributed by atoms with E-state index >= 15 is 0 Å². The lowest BCUT2D eigenvalue weighted by Gasteiger charge is -2.07. The van der Waals surface area contributed by atoms with Gasteiger partial charge in [0, 0.05) is 23.1 Å². The SMILES string of the molecule is N=C(N)c1ccc(Oc2ccc3ccc(=O)oc3c2)cc1. The highest BCUT2D eigenvalue weighted by molar-refractivity contribution is 5.94. The van der Waals surface area contributed by atoms with E-state index in [0.29, 0.717) is 22.6 Å². The Bertz CT molecular complexity index is 867. The van der Waals surface area contributed by atoms with E-state index in [1.807, 2.05) is 6.07 Å². The molecule has 3 rings (SSSR count). The van der Waals surface area contributed by atoms with Crippen LogP contribution in [0.15, 0.2) is 63.8 Å². The van der Waals surface area contributed by atoms with Crippen molar-refractivity contribution in [3.8, 4) is 11.5 Å². The summed E-state index contributed by atoms with van der Waals surface area (Å²) in [6.07, 6.45) is 0. The third kappa shape index (κ3) is 2.76. The Hall–Kier alpha value is -3.08. The number of ether oxygens (including phenoxy) is 1. The minimum Gasteiger partial charge on any atom is -0.457 e. The van der Waals surface area contributed by atoms with Crippen LogP contribution in [0.5, 0.6) is 11.5 Å². The Kier molecular flexibility index (Phi) is 3.16. The fourth-order valence-corrected chi connectivity index (χ4v) is 1.94. The fraction of sp³-hybridized carbons (Fsp3) is 0. The molecular weight excluding hydrogens is 268 g/mol. The highest BCUT2D eigenvalue weighted by Crippen LogP contribution is 2.25. The molecule has 1 heterocycles. The molecule has 2 aromatic carbocycles. The van der Waals surface area contributed by atoms with Crippen molar-refractivity contribution < 1.29 is 9.15 Å². The number of benzene rings is 2. The Morgan fingerprint density at radius 2 is 1.67 bits per heavy atom. The number of nitrogen functional groups attached to an aromatic ring is 1. The summed E-state index contributed by atoms with van der Waals surface area (Å²) in [6.45, 7) is 0. The number of nitrogens with one attached hydrogen (secondary N) is 1. The van der Waals surface area contributed by atoms with Gasteiger partial charge >= 0.3 is 5.63 Å². The summed E-state index contributed by atoms with van der Waals surface area (Å²) in [6, 6.07) is 15.2. The molecule has 0 amide bonds. The molecule has 1 aromatic heterocycles. The number of hydrogen-bond donors (Lipinski definition) is 2. The lowest BCUT2D eigenvalue weighted by molar-refractivity contribution is 0.480. The van der Waals surface area contributed by atoms with E-state index in [-0.39, 0.29) is 5.84 Å². The molecule has 0 saturated heterocycles. The van der Waals surface area contributed by atoms with Gasteiger partial charge in [-0.1, -0.05) is 0 Å². The standard InChI is InChI=1S/C16H12N2O3/c17-16(18)11-2-5-12(6-3-11)20-13-7-1-10-4-8-15(19)21-14(10)9-13/h1-9H,(H3,17,18). The summed E-state index contributed by atoms with van der Waals surface area (Å²) in [4.78, 5) is 11.2. The largest absolute Gasteiger partial charge is 0.457 e. The molecule has 0 fully saturated rings. The Balaban J connectivity index is 1.90. The molecule has 21 heavy (non-hydrogen) atoms. The summed E-state index contributed by atoms with van der Waals surface area (Å²) >= 11 is 0. The van der Waals surface area contributed by atoms with Gasteiger partial charge in [0.2, 0.25) is 0 Å². The van der Waals surface area contributed by atoms with Crippen molar-refractivity contribution in [1.82, 2.24) is 0 Å². The molecular formula is C16H12N2O3. The molecule has 0 saturated carbocycles. The van der Waals surface area contributed by atoms with Gasteiger partial charge < -0.3 is 14.9 Å². The topological polar surface area (TPSA) is 89.3 Å². The molecule has 0 atom stereocenters. The summed E-state index contributed by atoms with van der Waals surface area (Å²) in [5.41, 5.74) is 6.10. The molecule has 0 bridgehead atoms. The van der Waals surface area contributed by atoms with E-state index in [0.717, 1.165) is 5.39 Å². The van der Waals surface area contributed by atoms with Crippen molar-refractivity contribution in [2.24, 2.45) is 5.73 Å². The average molecular weight is 280 g/mol. The Morgan fingerprint density at radius 3 is 2.38 bits per heavy atom. The quantitative estimate of drug-likeness (QED) is 0.438. The van der Waals surface area contributed by atoms with Crippen molar-refractivity contribution >= 4 is 16.8 Å². The maximum atomic E-state index is 11.2. The first-order valence-corrected chi connectivity index (χ1v) is 6.28. The van der Waals surface area contributed by atoms with Crippen LogP contribution in [0.25, 0.3) is 11.0 Å². The first kappa shape index (κ1) is 12.9. The zero-order chi connectivity index (χ0) is 14.8. The lowest BCUT2D eigenvalue weighted by atomic mass is 10.2. The molecule has 5 nitrogen and oxygen atoms in total. The van der Waals surface area contributed by atoms with Gasteiger partial charge in [-0.3, -0.25) is 5.41 Å². The Morgan fingerprint density at radius 1 is 1.00 bits per heavy atom. The van der Waals surface area contributed by atoms with Crippen molar-refractivity contribution in [1.29, 1.82) is 5.41 Å². The van der Waals surface area contributed by atoms with Gasteiger partial charge in [-0.05, 0) is 42.5 Å². The normalized spacial score (nSPS) is 10.5. The third-order valence-electron chi connectivity index (χ3n) is 3.00. The fourth-order valence-electron chi connectivity index (χ4n) is 1.94. The van der Waals surface area contributed by atoms with E-state index in [1.165, 1.54) is 6.07 Å². The number of hydrogen-bond acceptors (Lipinski definition) is 4. The zero-order valence-electron chi connectivity index (χ0n) is 11.0. The second-order valence-corrected chi connectivity index (χ2v) is 4.49. The second-order valence-electron chi connectivity index (χ2n) is 4.49. The van der Waals surface area contributed by atoms with Gasteiger partial charge in [-0.15, -0.1) is 0 Å². The van der Waals surface area contributed by atoms with E-state index in [9.17, 15) is 4.79 Å². The molecule has 3 N–H and O–H groups in total. The molecule has 0 radical (unpaired) electrons. The Labute approximate surface area is 120 Å². The predicted molar refractivity (Wildman–Crippen MR) is 80.0 cm³/mol. The minimum absolute atomic E-state index is 0.00836. The smallest absolute Gasteiger partial charge is 0.336 e. The molecule has 0 unspecified atom stereocenters. The van der Waals surface area contributed by atoms with Gasteiger partial charge in [0.1, 0.15) is 22.9 Å². The van der Waals surface area contributed by atoms with Crippen LogP contribution >= 0.6 is 0 Å². The van der Waals surface area contributed by atoms with Gasteiger partial charge in [0.15, 0.2) is 0 Å². The van der Waals surface area contributed by atoms with E-state index in [2.05, 4.69) is 0 Å². The van der Waals surface area contributed by atoms with Gasteiger partial charge in [-0.25, -0.2) is 4.79 Å². The van der Waals surface area contributed by atoms with Crippen LogP contribution in [0.3, 0.4) is 0 Å². The second kappa shape index (κ2) is 5.13. The van der Waals surface area contributed by atoms with Crippen LogP contribution in [-0.2, 0) is 0 Å². The highest BCUT2D eigenvalue weighted by Gasteiger charge is 2.03. The van der Waals surface area contributed by atoms with E-state index in [4.69, 9.17) is 20.3 Å². The zero-order valence-corrected chi connectivity index (χ0v) is 11.0. The lowest BCUT2D eigenvalue weighted by Crippen LogP contribution is -2.10. The summed E-state index contributed by atoms with van der Waals surface area (Å²) in [5.74, 6) is 1.18. The predicted octanol–water partition coefficient (Wildman–Crippen LogP) is 2.87.